The molecular weight excluding hydrogens is 210 g/mol. The van der Waals surface area contributed by atoms with Gasteiger partial charge in [-0.15, -0.1) is 0 Å². The first-order valence-corrected chi connectivity index (χ1v) is 5.58. The standard InChI is InChI=1S/C11H21NO4/c1-11(2,3)16-10(15)12-9-4-7(5-13)8(9)6-14/h7-9,13-14H,4-6H2,1-3H3,(H,12,15)/t7-,8-,9-/m0/s1. The van der Waals surface area contributed by atoms with Crippen LogP contribution in [-0.2, 0) is 4.74 Å². The SMILES string of the molecule is CC(C)(C)OC(=O)N[C@H]1C[C@@H](CO)[C@@H]1CO. The van der Waals surface area contributed by atoms with E-state index in [9.17, 15) is 4.79 Å². The Labute approximate surface area is 95.8 Å². The van der Waals surface area contributed by atoms with Gasteiger partial charge in [0.25, 0.3) is 0 Å². The molecule has 0 aromatic carbocycles. The molecule has 1 fully saturated rings. The van der Waals surface area contributed by atoms with E-state index in [0.29, 0.717) is 6.42 Å². The van der Waals surface area contributed by atoms with E-state index in [1.807, 2.05) is 0 Å². The Morgan fingerprint density at radius 3 is 2.44 bits per heavy atom. The zero-order chi connectivity index (χ0) is 12.3. The summed E-state index contributed by atoms with van der Waals surface area (Å²) >= 11 is 0. The third kappa shape index (κ3) is 3.35. The maximum absolute atomic E-state index is 11.4. The van der Waals surface area contributed by atoms with Crippen LogP contribution < -0.4 is 5.32 Å². The molecule has 1 rings (SSSR count). The summed E-state index contributed by atoms with van der Waals surface area (Å²) in [6.45, 7) is 5.43. The van der Waals surface area contributed by atoms with Crippen molar-refractivity contribution < 1.29 is 19.7 Å². The quantitative estimate of drug-likeness (QED) is 0.661. The molecule has 1 aliphatic rings. The number of hydrogen-bond acceptors (Lipinski definition) is 4. The van der Waals surface area contributed by atoms with Crippen molar-refractivity contribution in [3.05, 3.63) is 0 Å². The van der Waals surface area contributed by atoms with Gasteiger partial charge in [-0.1, -0.05) is 0 Å². The van der Waals surface area contributed by atoms with Crippen LogP contribution in [0.4, 0.5) is 4.79 Å². The van der Waals surface area contributed by atoms with Crippen LogP contribution in [0, 0.1) is 11.8 Å². The lowest BCUT2D eigenvalue weighted by atomic mass is 9.70. The summed E-state index contributed by atoms with van der Waals surface area (Å²) in [7, 11) is 0. The summed E-state index contributed by atoms with van der Waals surface area (Å²) in [6.07, 6.45) is 0.230. The predicted octanol–water partition coefficient (Wildman–Crippen LogP) is 0.500. The van der Waals surface area contributed by atoms with Crippen LogP contribution in [0.3, 0.4) is 0 Å². The highest BCUT2D eigenvalue weighted by atomic mass is 16.6. The molecule has 1 saturated carbocycles. The average molecular weight is 231 g/mol. The lowest BCUT2D eigenvalue weighted by molar-refractivity contribution is -0.00158. The maximum Gasteiger partial charge on any atom is 0.407 e. The van der Waals surface area contributed by atoms with Crippen molar-refractivity contribution in [2.45, 2.75) is 38.8 Å². The fourth-order valence-electron chi connectivity index (χ4n) is 1.92. The molecule has 5 nitrogen and oxygen atoms in total. The zero-order valence-corrected chi connectivity index (χ0v) is 10.1. The molecule has 0 spiro atoms. The van der Waals surface area contributed by atoms with Crippen LogP contribution in [0.1, 0.15) is 27.2 Å². The van der Waals surface area contributed by atoms with Gasteiger partial charge in [-0.2, -0.15) is 0 Å². The van der Waals surface area contributed by atoms with E-state index in [-0.39, 0.29) is 31.1 Å². The van der Waals surface area contributed by atoms with Gasteiger partial charge in [0, 0.05) is 25.2 Å². The van der Waals surface area contributed by atoms with Crippen molar-refractivity contribution >= 4 is 6.09 Å². The molecule has 1 amide bonds. The van der Waals surface area contributed by atoms with Crippen molar-refractivity contribution in [2.75, 3.05) is 13.2 Å². The fourth-order valence-corrected chi connectivity index (χ4v) is 1.92. The highest BCUT2D eigenvalue weighted by molar-refractivity contribution is 5.68. The average Bonchev–Trinajstić information content (AvgIpc) is 2.09. The van der Waals surface area contributed by atoms with Crippen molar-refractivity contribution in [3.63, 3.8) is 0 Å². The van der Waals surface area contributed by atoms with Gasteiger partial charge in [-0.3, -0.25) is 0 Å². The molecule has 0 bridgehead atoms. The Morgan fingerprint density at radius 1 is 1.38 bits per heavy atom. The number of aliphatic hydroxyl groups is 2. The number of alkyl carbamates (subject to hydrolysis) is 1. The second kappa shape index (κ2) is 5.01. The molecule has 0 aromatic heterocycles. The first-order valence-electron chi connectivity index (χ1n) is 5.58. The summed E-state index contributed by atoms with van der Waals surface area (Å²) in [6, 6.07) is -0.0861. The van der Waals surface area contributed by atoms with E-state index in [1.165, 1.54) is 0 Å². The van der Waals surface area contributed by atoms with Crippen molar-refractivity contribution in [3.8, 4) is 0 Å². The number of carbonyl (C=O) groups excluding carboxylic acids is 1. The molecule has 0 radical (unpaired) electrons. The van der Waals surface area contributed by atoms with Gasteiger partial charge in [-0.25, -0.2) is 4.79 Å². The third-order valence-electron chi connectivity index (χ3n) is 2.83. The number of rotatable bonds is 3. The summed E-state index contributed by atoms with van der Waals surface area (Å²) in [4.78, 5) is 11.4. The van der Waals surface area contributed by atoms with E-state index < -0.39 is 11.7 Å². The Balaban J connectivity index is 2.36. The topological polar surface area (TPSA) is 78.8 Å². The Kier molecular flexibility index (Phi) is 4.15. The van der Waals surface area contributed by atoms with Gasteiger partial charge >= 0.3 is 6.09 Å². The van der Waals surface area contributed by atoms with Gasteiger partial charge in [0.05, 0.1) is 0 Å². The highest BCUT2D eigenvalue weighted by Gasteiger charge is 2.41. The molecule has 0 saturated heterocycles. The molecule has 16 heavy (non-hydrogen) atoms. The van der Waals surface area contributed by atoms with Gasteiger partial charge in [0.2, 0.25) is 0 Å². The lowest BCUT2D eigenvalue weighted by Gasteiger charge is -2.43. The number of hydrogen-bond donors (Lipinski definition) is 3. The van der Waals surface area contributed by atoms with Crippen LogP contribution >= 0.6 is 0 Å². The Hall–Kier alpha value is -0.810. The molecule has 0 heterocycles. The summed E-state index contributed by atoms with van der Waals surface area (Å²) in [5.41, 5.74) is -0.515. The van der Waals surface area contributed by atoms with E-state index in [4.69, 9.17) is 14.9 Å². The molecule has 5 heteroatoms. The summed E-state index contributed by atoms with van der Waals surface area (Å²) in [5.74, 6) is 0.0301. The van der Waals surface area contributed by atoms with Crippen molar-refractivity contribution in [2.24, 2.45) is 11.8 Å². The van der Waals surface area contributed by atoms with Crippen molar-refractivity contribution in [1.29, 1.82) is 0 Å². The van der Waals surface area contributed by atoms with Gasteiger partial charge < -0.3 is 20.3 Å². The number of aliphatic hydroxyl groups excluding tert-OH is 2. The minimum absolute atomic E-state index is 0.0221. The minimum Gasteiger partial charge on any atom is -0.444 e. The Morgan fingerprint density at radius 2 is 2.00 bits per heavy atom. The second-order valence-corrected chi connectivity index (χ2v) is 5.28. The smallest absolute Gasteiger partial charge is 0.407 e. The van der Waals surface area contributed by atoms with Crippen LogP contribution in [0.2, 0.25) is 0 Å². The molecule has 0 unspecified atom stereocenters. The fraction of sp³-hybridized carbons (Fsp3) is 0.909. The number of nitrogens with one attached hydrogen (secondary N) is 1. The van der Waals surface area contributed by atoms with E-state index in [0.717, 1.165) is 0 Å². The number of ether oxygens (including phenoxy) is 1. The first kappa shape index (κ1) is 13.3. The second-order valence-electron chi connectivity index (χ2n) is 5.28. The lowest BCUT2D eigenvalue weighted by Crippen LogP contribution is -2.55. The van der Waals surface area contributed by atoms with Crippen LogP contribution in [-0.4, -0.2) is 41.2 Å². The van der Waals surface area contributed by atoms with E-state index in [2.05, 4.69) is 5.32 Å². The van der Waals surface area contributed by atoms with Crippen LogP contribution in [0.5, 0.6) is 0 Å². The molecule has 3 N–H and O–H groups in total. The minimum atomic E-state index is -0.515. The van der Waals surface area contributed by atoms with Crippen LogP contribution in [0.25, 0.3) is 0 Å². The molecule has 3 atom stereocenters. The van der Waals surface area contributed by atoms with E-state index >= 15 is 0 Å². The predicted molar refractivity (Wildman–Crippen MR) is 58.9 cm³/mol. The van der Waals surface area contributed by atoms with E-state index in [1.54, 1.807) is 20.8 Å². The molecule has 94 valence electrons. The number of amides is 1. The maximum atomic E-state index is 11.4. The van der Waals surface area contributed by atoms with Gasteiger partial charge in [0.15, 0.2) is 0 Å². The van der Waals surface area contributed by atoms with Gasteiger partial charge in [-0.05, 0) is 33.1 Å². The monoisotopic (exact) mass is 231 g/mol. The molecule has 0 aliphatic heterocycles. The Bertz CT molecular complexity index is 249. The summed E-state index contributed by atoms with van der Waals surface area (Å²) < 4.78 is 5.11. The highest BCUT2D eigenvalue weighted by Crippen LogP contribution is 2.34. The molecular formula is C11H21NO4. The van der Waals surface area contributed by atoms with Crippen LogP contribution in [0.15, 0.2) is 0 Å². The van der Waals surface area contributed by atoms with Gasteiger partial charge in [0.1, 0.15) is 5.60 Å². The first-order chi connectivity index (χ1) is 7.37. The van der Waals surface area contributed by atoms with Crippen molar-refractivity contribution in [1.82, 2.24) is 5.32 Å². The largest absolute Gasteiger partial charge is 0.444 e. The zero-order valence-electron chi connectivity index (χ0n) is 10.1. The number of carbonyl (C=O) groups is 1. The summed E-state index contributed by atoms with van der Waals surface area (Å²) in [5, 5.41) is 20.8. The molecule has 0 aromatic rings. The molecule has 1 aliphatic carbocycles. The third-order valence-corrected chi connectivity index (χ3v) is 2.83. The normalized spacial score (nSPS) is 29.4.